The second-order valence-corrected chi connectivity index (χ2v) is 6.37. The molecule has 0 radical (unpaired) electrons. The van der Waals surface area contributed by atoms with E-state index in [0.717, 1.165) is 19.3 Å². The predicted octanol–water partition coefficient (Wildman–Crippen LogP) is 0.382. The number of carbonyl (C=O) groups excluding carboxylic acids is 1. The van der Waals surface area contributed by atoms with Gasteiger partial charge in [-0.1, -0.05) is 6.42 Å². The van der Waals surface area contributed by atoms with E-state index in [9.17, 15) is 13.2 Å². The molecule has 5 nitrogen and oxygen atoms in total. The van der Waals surface area contributed by atoms with Crippen molar-refractivity contribution in [3.63, 3.8) is 0 Å². The Morgan fingerprint density at radius 1 is 0.875 bits per heavy atom. The monoisotopic (exact) mass is 246 g/mol. The number of nitrogens with zero attached hydrogens (tertiary/aromatic N) is 2. The first kappa shape index (κ1) is 12.0. The van der Waals surface area contributed by atoms with E-state index in [1.165, 1.54) is 8.61 Å². The van der Waals surface area contributed by atoms with Crippen molar-refractivity contribution in [2.24, 2.45) is 0 Å². The maximum Gasteiger partial charge on any atom is 0.282 e. The van der Waals surface area contributed by atoms with Gasteiger partial charge in [-0.2, -0.15) is 17.0 Å². The van der Waals surface area contributed by atoms with Crippen LogP contribution in [0, 0.1) is 0 Å². The number of ketones is 1. The highest BCUT2D eigenvalue weighted by atomic mass is 32.2. The molecule has 16 heavy (non-hydrogen) atoms. The summed E-state index contributed by atoms with van der Waals surface area (Å²) in [4.78, 5) is 11.3. The Morgan fingerprint density at radius 3 is 2.12 bits per heavy atom. The molecule has 0 saturated carbocycles. The van der Waals surface area contributed by atoms with Crippen LogP contribution in [0.1, 0.15) is 32.1 Å². The molecule has 2 aliphatic rings. The van der Waals surface area contributed by atoms with Crippen LogP contribution >= 0.6 is 0 Å². The maximum atomic E-state index is 12.2. The van der Waals surface area contributed by atoms with Crippen molar-refractivity contribution < 1.29 is 13.2 Å². The van der Waals surface area contributed by atoms with Gasteiger partial charge in [0.2, 0.25) is 0 Å². The van der Waals surface area contributed by atoms with E-state index < -0.39 is 10.2 Å². The summed E-state index contributed by atoms with van der Waals surface area (Å²) in [5.74, 6) is 0.0341. The molecule has 0 aromatic carbocycles. The van der Waals surface area contributed by atoms with Gasteiger partial charge in [0.25, 0.3) is 10.2 Å². The Hall–Kier alpha value is -0.460. The average Bonchev–Trinajstić information content (AvgIpc) is 2.30. The zero-order chi connectivity index (χ0) is 11.6. The molecule has 6 heteroatoms. The highest BCUT2D eigenvalue weighted by molar-refractivity contribution is 7.86. The molecule has 2 aliphatic heterocycles. The smallest absolute Gasteiger partial charge is 0.282 e. The predicted molar refractivity (Wildman–Crippen MR) is 60.2 cm³/mol. The van der Waals surface area contributed by atoms with Crippen LogP contribution in [0.15, 0.2) is 0 Å². The minimum absolute atomic E-state index is 0.0341. The fourth-order valence-corrected chi connectivity index (χ4v) is 3.98. The molecule has 0 aliphatic carbocycles. The first-order valence-electron chi connectivity index (χ1n) is 5.87. The highest BCUT2D eigenvalue weighted by Crippen LogP contribution is 2.19. The SMILES string of the molecule is O=C1CCCN(S(=O)(=O)N2CCCCC2)C1. The van der Waals surface area contributed by atoms with E-state index in [1.54, 1.807) is 0 Å². The highest BCUT2D eigenvalue weighted by Gasteiger charge is 2.33. The van der Waals surface area contributed by atoms with Gasteiger partial charge in [-0.3, -0.25) is 4.79 Å². The van der Waals surface area contributed by atoms with Crippen molar-refractivity contribution in [1.82, 2.24) is 8.61 Å². The number of Topliss-reactive ketones (excluding diaryl/α,β-unsaturated/α-hetero) is 1. The van der Waals surface area contributed by atoms with E-state index in [2.05, 4.69) is 0 Å². The van der Waals surface area contributed by atoms with Gasteiger partial charge in [-0.25, -0.2) is 0 Å². The van der Waals surface area contributed by atoms with Crippen molar-refractivity contribution in [2.45, 2.75) is 32.1 Å². The Morgan fingerprint density at radius 2 is 1.50 bits per heavy atom. The lowest BCUT2D eigenvalue weighted by Gasteiger charge is -2.33. The minimum atomic E-state index is -3.37. The molecule has 0 aromatic heterocycles. The lowest BCUT2D eigenvalue weighted by molar-refractivity contribution is -0.120. The lowest BCUT2D eigenvalue weighted by atomic mass is 10.1. The van der Waals surface area contributed by atoms with Crippen LogP contribution in [0.25, 0.3) is 0 Å². The summed E-state index contributed by atoms with van der Waals surface area (Å²) in [5.41, 5.74) is 0. The third-order valence-electron chi connectivity index (χ3n) is 3.18. The molecule has 2 fully saturated rings. The molecule has 0 aromatic rings. The van der Waals surface area contributed by atoms with E-state index in [4.69, 9.17) is 0 Å². The molecule has 0 bridgehead atoms. The molecule has 92 valence electrons. The van der Waals surface area contributed by atoms with Crippen LogP contribution in [0.3, 0.4) is 0 Å². The largest absolute Gasteiger partial charge is 0.298 e. The van der Waals surface area contributed by atoms with Crippen LogP contribution in [-0.4, -0.2) is 49.0 Å². The zero-order valence-corrected chi connectivity index (χ0v) is 10.2. The third kappa shape index (κ3) is 2.44. The van der Waals surface area contributed by atoms with Crippen LogP contribution in [-0.2, 0) is 15.0 Å². The number of piperidine rings is 2. The Labute approximate surface area is 96.6 Å². The zero-order valence-electron chi connectivity index (χ0n) is 9.39. The quantitative estimate of drug-likeness (QED) is 0.708. The molecule has 2 heterocycles. The molecule has 0 N–H and O–H groups in total. The molecule has 0 unspecified atom stereocenters. The molecular weight excluding hydrogens is 228 g/mol. The van der Waals surface area contributed by atoms with Gasteiger partial charge in [0, 0.05) is 26.1 Å². The summed E-state index contributed by atoms with van der Waals surface area (Å²) in [7, 11) is -3.37. The summed E-state index contributed by atoms with van der Waals surface area (Å²) in [6, 6.07) is 0. The van der Waals surface area contributed by atoms with Crippen molar-refractivity contribution in [1.29, 1.82) is 0 Å². The van der Waals surface area contributed by atoms with Gasteiger partial charge < -0.3 is 0 Å². The van der Waals surface area contributed by atoms with Gasteiger partial charge in [0.05, 0.1) is 6.54 Å². The maximum absolute atomic E-state index is 12.2. The van der Waals surface area contributed by atoms with Gasteiger partial charge in [-0.05, 0) is 19.3 Å². The van der Waals surface area contributed by atoms with Crippen molar-refractivity contribution >= 4 is 16.0 Å². The van der Waals surface area contributed by atoms with Gasteiger partial charge >= 0.3 is 0 Å². The Balaban J connectivity index is 2.07. The van der Waals surface area contributed by atoms with Gasteiger partial charge in [0.15, 0.2) is 0 Å². The molecule has 0 spiro atoms. The second kappa shape index (κ2) is 4.81. The Bertz CT molecular complexity index is 360. The van der Waals surface area contributed by atoms with Crippen LogP contribution in [0.5, 0.6) is 0 Å². The molecule has 2 rings (SSSR count). The fourth-order valence-electron chi connectivity index (χ4n) is 2.26. The summed E-state index contributed by atoms with van der Waals surface area (Å²) >= 11 is 0. The average molecular weight is 246 g/mol. The van der Waals surface area contributed by atoms with E-state index in [1.807, 2.05) is 0 Å². The van der Waals surface area contributed by atoms with Crippen LogP contribution < -0.4 is 0 Å². The lowest BCUT2D eigenvalue weighted by Crippen LogP contribution is -2.49. The van der Waals surface area contributed by atoms with Gasteiger partial charge in [-0.15, -0.1) is 0 Å². The van der Waals surface area contributed by atoms with E-state index in [-0.39, 0.29) is 12.3 Å². The third-order valence-corrected chi connectivity index (χ3v) is 5.17. The molecule has 0 amide bonds. The summed E-state index contributed by atoms with van der Waals surface area (Å²) in [5, 5.41) is 0. The van der Waals surface area contributed by atoms with E-state index >= 15 is 0 Å². The van der Waals surface area contributed by atoms with Gasteiger partial charge in [0.1, 0.15) is 5.78 Å². The molecular formula is C10H18N2O3S. The second-order valence-electron chi connectivity index (χ2n) is 4.44. The first-order chi connectivity index (χ1) is 7.60. The summed E-state index contributed by atoms with van der Waals surface area (Å²) < 4.78 is 27.2. The van der Waals surface area contributed by atoms with Crippen molar-refractivity contribution in [3.05, 3.63) is 0 Å². The van der Waals surface area contributed by atoms with Crippen molar-refractivity contribution in [2.75, 3.05) is 26.2 Å². The van der Waals surface area contributed by atoms with E-state index in [0.29, 0.717) is 32.5 Å². The fraction of sp³-hybridized carbons (Fsp3) is 0.900. The number of rotatable bonds is 2. The molecule has 2 saturated heterocycles. The first-order valence-corrected chi connectivity index (χ1v) is 7.27. The standard InChI is InChI=1S/C10H18N2O3S/c13-10-5-4-8-12(9-10)16(14,15)11-6-2-1-3-7-11/h1-9H2. The topological polar surface area (TPSA) is 57.7 Å². The summed E-state index contributed by atoms with van der Waals surface area (Å²) in [6.45, 7) is 1.77. The number of hydrogen-bond acceptors (Lipinski definition) is 3. The number of carbonyl (C=O) groups is 1. The van der Waals surface area contributed by atoms with Crippen LogP contribution in [0.2, 0.25) is 0 Å². The van der Waals surface area contributed by atoms with Crippen molar-refractivity contribution in [3.8, 4) is 0 Å². The number of hydrogen-bond donors (Lipinski definition) is 0. The van der Waals surface area contributed by atoms with Crippen LogP contribution in [0.4, 0.5) is 0 Å². The molecule has 0 atom stereocenters. The Kier molecular flexibility index (Phi) is 3.61. The minimum Gasteiger partial charge on any atom is -0.298 e. The normalized spacial score (nSPS) is 25.9. The summed E-state index contributed by atoms with van der Waals surface area (Å²) in [6.07, 6.45) is 4.14.